The molecule has 0 N–H and O–H groups in total. The van der Waals surface area contributed by atoms with E-state index >= 15 is 0 Å². The maximum atomic E-state index is 6.28. The Labute approximate surface area is 152 Å². The minimum Gasteiger partial charge on any atom is -0.456 e. The molecule has 3 nitrogen and oxygen atoms in total. The highest BCUT2D eigenvalue weighted by atomic mass is 16.3. The van der Waals surface area contributed by atoms with Crippen molar-refractivity contribution in [2.75, 3.05) is 0 Å². The lowest BCUT2D eigenvalue weighted by Gasteiger charge is -1.95. The summed E-state index contributed by atoms with van der Waals surface area (Å²) in [6, 6.07) is 24.3. The molecule has 0 saturated carbocycles. The van der Waals surface area contributed by atoms with Gasteiger partial charge in [0.1, 0.15) is 33.5 Å². The number of para-hydroxylation sites is 2. The lowest BCUT2D eigenvalue weighted by atomic mass is 10.0. The second-order valence-electron chi connectivity index (χ2n) is 6.93. The molecule has 0 saturated heterocycles. The first-order chi connectivity index (χ1) is 13.4. The SMILES string of the molecule is c1ccc2c(c1)oc1c2ccc2oc3ccc4oc5ccccc5c4c3c21. The van der Waals surface area contributed by atoms with Gasteiger partial charge in [0.15, 0.2) is 0 Å². The Kier molecular flexibility index (Phi) is 2.25. The molecule has 0 amide bonds. The van der Waals surface area contributed by atoms with Crippen LogP contribution in [0.4, 0.5) is 0 Å². The van der Waals surface area contributed by atoms with Gasteiger partial charge in [-0.05, 0) is 36.4 Å². The number of furan rings is 3. The Morgan fingerprint density at radius 2 is 0.963 bits per heavy atom. The maximum absolute atomic E-state index is 6.28. The lowest BCUT2D eigenvalue weighted by Crippen LogP contribution is -1.72. The largest absolute Gasteiger partial charge is 0.456 e. The molecule has 4 aromatic carbocycles. The van der Waals surface area contributed by atoms with Crippen molar-refractivity contribution < 1.29 is 13.3 Å². The average Bonchev–Trinajstić information content (AvgIpc) is 3.37. The Morgan fingerprint density at radius 3 is 1.81 bits per heavy atom. The van der Waals surface area contributed by atoms with Gasteiger partial charge in [-0.15, -0.1) is 0 Å². The van der Waals surface area contributed by atoms with Gasteiger partial charge in [-0.25, -0.2) is 0 Å². The zero-order valence-corrected chi connectivity index (χ0v) is 14.2. The van der Waals surface area contributed by atoms with E-state index in [9.17, 15) is 0 Å². The second-order valence-corrected chi connectivity index (χ2v) is 6.93. The zero-order chi connectivity index (χ0) is 17.5. The van der Waals surface area contributed by atoms with E-state index < -0.39 is 0 Å². The van der Waals surface area contributed by atoms with Gasteiger partial charge in [-0.3, -0.25) is 0 Å². The van der Waals surface area contributed by atoms with Crippen LogP contribution in [0.3, 0.4) is 0 Å². The van der Waals surface area contributed by atoms with Gasteiger partial charge in [-0.1, -0.05) is 36.4 Å². The fraction of sp³-hybridized carbons (Fsp3) is 0. The summed E-state index contributed by atoms with van der Waals surface area (Å²) in [4.78, 5) is 0. The van der Waals surface area contributed by atoms with Crippen LogP contribution in [0.25, 0.3) is 65.8 Å². The van der Waals surface area contributed by atoms with Crippen LogP contribution in [-0.2, 0) is 0 Å². The van der Waals surface area contributed by atoms with Crippen LogP contribution < -0.4 is 0 Å². The van der Waals surface area contributed by atoms with Crippen molar-refractivity contribution in [2.45, 2.75) is 0 Å². The molecule has 0 bridgehead atoms. The van der Waals surface area contributed by atoms with Crippen molar-refractivity contribution >= 4 is 65.8 Å². The maximum Gasteiger partial charge on any atom is 0.147 e. The van der Waals surface area contributed by atoms with Gasteiger partial charge in [0.05, 0.1) is 5.39 Å². The molecule has 3 heterocycles. The summed E-state index contributed by atoms with van der Waals surface area (Å²) in [5, 5.41) is 6.45. The minimum atomic E-state index is 0.828. The summed E-state index contributed by atoms with van der Waals surface area (Å²) in [5.41, 5.74) is 5.17. The van der Waals surface area contributed by atoms with Gasteiger partial charge < -0.3 is 13.3 Å². The highest BCUT2D eigenvalue weighted by molar-refractivity contribution is 6.31. The number of rotatable bonds is 0. The van der Waals surface area contributed by atoms with E-state index in [0.29, 0.717) is 0 Å². The molecule has 126 valence electrons. The first kappa shape index (κ1) is 13.5. The third-order valence-corrected chi connectivity index (χ3v) is 5.48. The molecule has 0 aliphatic heterocycles. The molecular weight excluding hydrogens is 336 g/mol. The lowest BCUT2D eigenvalue weighted by molar-refractivity contribution is 0.660. The minimum absolute atomic E-state index is 0.828. The number of hydrogen-bond acceptors (Lipinski definition) is 3. The van der Waals surface area contributed by atoms with Crippen LogP contribution in [0.15, 0.2) is 86.0 Å². The van der Waals surface area contributed by atoms with Gasteiger partial charge in [0, 0.05) is 26.9 Å². The summed E-state index contributed by atoms with van der Waals surface area (Å²) >= 11 is 0. The normalized spacial score (nSPS) is 12.4. The molecule has 0 fully saturated rings. The molecule has 27 heavy (non-hydrogen) atoms. The Morgan fingerprint density at radius 1 is 0.370 bits per heavy atom. The molecule has 7 rings (SSSR count). The van der Waals surface area contributed by atoms with Crippen LogP contribution in [-0.4, -0.2) is 0 Å². The third kappa shape index (κ3) is 1.57. The summed E-state index contributed by atoms with van der Waals surface area (Å²) in [6.45, 7) is 0. The predicted molar refractivity (Wildman–Crippen MR) is 108 cm³/mol. The molecule has 3 aromatic heterocycles. The summed E-state index contributed by atoms with van der Waals surface area (Å²) in [5.74, 6) is 0. The number of hydrogen-bond donors (Lipinski definition) is 0. The van der Waals surface area contributed by atoms with Crippen molar-refractivity contribution in [2.24, 2.45) is 0 Å². The second kappa shape index (κ2) is 4.51. The molecule has 7 aromatic rings. The van der Waals surface area contributed by atoms with Crippen molar-refractivity contribution in [1.82, 2.24) is 0 Å². The zero-order valence-electron chi connectivity index (χ0n) is 14.2. The summed E-state index contributed by atoms with van der Waals surface area (Å²) < 4.78 is 18.5. The molecule has 0 spiro atoms. The quantitative estimate of drug-likeness (QED) is 0.287. The van der Waals surface area contributed by atoms with Crippen molar-refractivity contribution in [3.05, 3.63) is 72.8 Å². The van der Waals surface area contributed by atoms with Crippen LogP contribution in [0, 0.1) is 0 Å². The van der Waals surface area contributed by atoms with E-state index in [1.54, 1.807) is 0 Å². The molecule has 0 aliphatic carbocycles. The number of fused-ring (bicyclic) bond motifs is 11. The summed E-state index contributed by atoms with van der Waals surface area (Å²) in [6.07, 6.45) is 0. The Bertz CT molecular complexity index is 1670. The van der Waals surface area contributed by atoms with Gasteiger partial charge >= 0.3 is 0 Å². The smallest absolute Gasteiger partial charge is 0.147 e. The highest BCUT2D eigenvalue weighted by Gasteiger charge is 2.20. The van der Waals surface area contributed by atoms with Crippen LogP contribution in [0.1, 0.15) is 0 Å². The van der Waals surface area contributed by atoms with Crippen molar-refractivity contribution in [3.8, 4) is 0 Å². The monoisotopic (exact) mass is 348 g/mol. The molecule has 0 atom stereocenters. The average molecular weight is 348 g/mol. The van der Waals surface area contributed by atoms with Crippen LogP contribution in [0.5, 0.6) is 0 Å². The topological polar surface area (TPSA) is 39.4 Å². The van der Waals surface area contributed by atoms with E-state index in [1.807, 2.05) is 54.6 Å². The molecule has 3 heteroatoms. The van der Waals surface area contributed by atoms with Gasteiger partial charge in [-0.2, -0.15) is 0 Å². The highest BCUT2D eigenvalue weighted by Crippen LogP contribution is 2.43. The van der Waals surface area contributed by atoms with E-state index in [-0.39, 0.29) is 0 Å². The fourth-order valence-electron chi connectivity index (χ4n) is 4.34. The molecular formula is C24H12O3. The van der Waals surface area contributed by atoms with Gasteiger partial charge in [0.2, 0.25) is 0 Å². The fourth-order valence-corrected chi connectivity index (χ4v) is 4.34. The first-order valence-corrected chi connectivity index (χ1v) is 8.95. The van der Waals surface area contributed by atoms with E-state index in [1.165, 1.54) is 0 Å². The van der Waals surface area contributed by atoms with Crippen LogP contribution in [0.2, 0.25) is 0 Å². The van der Waals surface area contributed by atoms with Crippen LogP contribution >= 0.6 is 0 Å². The van der Waals surface area contributed by atoms with Crippen molar-refractivity contribution in [3.63, 3.8) is 0 Å². The standard InChI is InChI=1S/C24H12O3/c1-3-7-16-13(5-1)14-9-10-20-23(24(14)27-16)22-19(26-20)12-11-18-21(22)15-6-2-4-8-17(15)25-18/h1-12H. The Balaban J connectivity index is 1.84. The third-order valence-electron chi connectivity index (χ3n) is 5.48. The van der Waals surface area contributed by atoms with Crippen molar-refractivity contribution in [1.29, 1.82) is 0 Å². The van der Waals surface area contributed by atoms with E-state index in [2.05, 4.69) is 18.2 Å². The predicted octanol–water partition coefficient (Wildman–Crippen LogP) is 7.38. The summed E-state index contributed by atoms with van der Waals surface area (Å²) in [7, 11) is 0. The Hall–Kier alpha value is -3.72. The molecule has 0 radical (unpaired) electrons. The number of benzene rings is 4. The molecule has 0 unspecified atom stereocenters. The van der Waals surface area contributed by atoms with E-state index in [4.69, 9.17) is 13.3 Å². The molecule has 0 aliphatic rings. The van der Waals surface area contributed by atoms with E-state index in [0.717, 1.165) is 65.8 Å². The first-order valence-electron chi connectivity index (χ1n) is 8.95. The van der Waals surface area contributed by atoms with Gasteiger partial charge in [0.25, 0.3) is 0 Å².